The molecule has 7 nitrogen and oxygen atoms in total. The van der Waals surface area contributed by atoms with E-state index >= 15 is 0 Å². The zero-order valence-corrected chi connectivity index (χ0v) is 27.6. The van der Waals surface area contributed by atoms with Crippen LogP contribution in [0.25, 0.3) is 11.1 Å². The zero-order valence-electron chi connectivity index (χ0n) is 24.4. The van der Waals surface area contributed by atoms with Crippen LogP contribution in [0.4, 0.5) is 5.69 Å². The van der Waals surface area contributed by atoms with E-state index in [1.165, 1.54) is 34.3 Å². The van der Waals surface area contributed by atoms with E-state index in [1.54, 1.807) is 48.5 Å². The van der Waals surface area contributed by atoms with Crippen molar-refractivity contribution >= 4 is 62.6 Å². The molecule has 0 aliphatic carbocycles. The molecular formula is C32H29Cl2LiN2O5S2. The van der Waals surface area contributed by atoms with Gasteiger partial charge in [0, 0.05) is 5.56 Å². The van der Waals surface area contributed by atoms with Crippen molar-refractivity contribution in [3.63, 3.8) is 0 Å². The van der Waals surface area contributed by atoms with Gasteiger partial charge in [0.05, 0.1) is 34.3 Å². The van der Waals surface area contributed by atoms with Gasteiger partial charge >= 0.3 is 18.9 Å². The number of carboxylic acids is 1. The van der Waals surface area contributed by atoms with Crippen molar-refractivity contribution in [2.24, 2.45) is 0 Å². The number of thioether (sulfide) groups is 1. The first-order valence-corrected chi connectivity index (χ1v) is 16.8. The maximum Gasteiger partial charge on any atom is 1.00 e. The molecule has 0 saturated heterocycles. The van der Waals surface area contributed by atoms with Crippen molar-refractivity contribution in [2.75, 3.05) is 16.3 Å². The number of amides is 1. The monoisotopic (exact) mass is 662 g/mol. The van der Waals surface area contributed by atoms with E-state index in [1.807, 2.05) is 37.4 Å². The number of benzene rings is 4. The molecule has 224 valence electrons. The van der Waals surface area contributed by atoms with Crippen LogP contribution in [0.3, 0.4) is 0 Å². The summed E-state index contributed by atoms with van der Waals surface area (Å²) in [5.41, 5.74) is 3.39. The van der Waals surface area contributed by atoms with E-state index in [0.717, 1.165) is 11.1 Å². The normalized spacial score (nSPS) is 11.7. The molecule has 12 heteroatoms. The fraction of sp³-hybridized carbons (Fsp3) is 0.188. The van der Waals surface area contributed by atoms with Crippen molar-refractivity contribution in [1.29, 1.82) is 0 Å². The largest absolute Gasteiger partial charge is 1.00 e. The first-order valence-electron chi connectivity index (χ1n) is 13.3. The number of aryl methyl sites for hydroxylation is 1. The first-order chi connectivity index (χ1) is 20.5. The van der Waals surface area contributed by atoms with Gasteiger partial charge in [0.2, 0.25) is 0 Å². The minimum Gasteiger partial charge on any atom is -0.548 e. The Morgan fingerprint density at radius 1 is 0.932 bits per heavy atom. The number of anilines is 1. The van der Waals surface area contributed by atoms with E-state index in [4.69, 9.17) is 23.2 Å². The summed E-state index contributed by atoms with van der Waals surface area (Å²) in [5, 5.41) is 14.4. The number of carboxylic acid groups (broad SMARTS) is 1. The predicted molar refractivity (Wildman–Crippen MR) is 172 cm³/mol. The van der Waals surface area contributed by atoms with E-state index in [9.17, 15) is 23.1 Å². The fourth-order valence-electron chi connectivity index (χ4n) is 4.58. The molecule has 0 bridgehead atoms. The Bertz CT molecular complexity index is 1740. The molecule has 1 N–H and O–H groups in total. The second-order valence-corrected chi connectivity index (χ2v) is 13.3. The Morgan fingerprint density at radius 3 is 2.27 bits per heavy atom. The van der Waals surface area contributed by atoms with Gasteiger partial charge in [-0.1, -0.05) is 77.8 Å². The van der Waals surface area contributed by atoms with E-state index in [0.29, 0.717) is 22.6 Å². The van der Waals surface area contributed by atoms with Crippen molar-refractivity contribution in [3.8, 4) is 11.1 Å². The molecule has 1 amide bonds. The molecule has 0 saturated carbocycles. The third-order valence-corrected chi connectivity index (χ3v) is 10.2. The molecule has 0 fully saturated rings. The Morgan fingerprint density at radius 2 is 1.61 bits per heavy atom. The molecule has 0 radical (unpaired) electrons. The van der Waals surface area contributed by atoms with Crippen LogP contribution >= 0.6 is 35.0 Å². The Kier molecular flexibility index (Phi) is 12.9. The van der Waals surface area contributed by atoms with Gasteiger partial charge in [-0.15, -0.1) is 0 Å². The van der Waals surface area contributed by atoms with Crippen molar-refractivity contribution in [3.05, 3.63) is 118 Å². The maximum absolute atomic E-state index is 14.0. The molecule has 0 aliphatic heterocycles. The number of nitrogens with one attached hydrogen (secondary N) is 1. The second kappa shape index (κ2) is 15.9. The third kappa shape index (κ3) is 8.22. The molecule has 0 aromatic heterocycles. The SMILES string of the molecule is CSCCC(NC(=O)c1ccc(CN(c2ccccc2)S(=O)(=O)c2cccc(Cl)c2Cl)cc1-c1ccccc1C)C(=O)[O-].[Li+]. The van der Waals surface area contributed by atoms with Crippen LogP contribution in [-0.2, 0) is 21.4 Å². The molecule has 4 aromatic carbocycles. The molecule has 4 aromatic rings. The number of hydrogen-bond donors (Lipinski definition) is 1. The van der Waals surface area contributed by atoms with Crippen LogP contribution in [0.1, 0.15) is 27.9 Å². The van der Waals surface area contributed by atoms with Gasteiger partial charge in [-0.25, -0.2) is 8.42 Å². The summed E-state index contributed by atoms with van der Waals surface area (Å²) >= 11 is 14.0. The number of rotatable bonds is 12. The molecule has 0 spiro atoms. The van der Waals surface area contributed by atoms with Gasteiger partial charge in [0.1, 0.15) is 4.90 Å². The minimum absolute atomic E-state index is 0. The van der Waals surface area contributed by atoms with E-state index in [2.05, 4.69) is 5.32 Å². The minimum atomic E-state index is -4.19. The van der Waals surface area contributed by atoms with Crippen molar-refractivity contribution in [2.45, 2.75) is 30.8 Å². The summed E-state index contributed by atoms with van der Waals surface area (Å²) in [6.07, 6.45) is 2.06. The maximum atomic E-state index is 14.0. The summed E-state index contributed by atoms with van der Waals surface area (Å²) < 4.78 is 29.3. The number of halogens is 2. The summed E-state index contributed by atoms with van der Waals surface area (Å²) in [6.45, 7) is 1.80. The molecule has 0 aliphatic rings. The van der Waals surface area contributed by atoms with Crippen molar-refractivity contribution in [1.82, 2.24) is 5.32 Å². The molecule has 0 heterocycles. The quantitative estimate of drug-likeness (QED) is 0.234. The third-order valence-electron chi connectivity index (χ3n) is 6.82. The number of sulfonamides is 1. The van der Waals surface area contributed by atoms with Crippen LogP contribution in [0, 0.1) is 6.92 Å². The van der Waals surface area contributed by atoms with Gasteiger partial charge in [-0.3, -0.25) is 9.10 Å². The van der Waals surface area contributed by atoms with Gasteiger partial charge in [0.15, 0.2) is 0 Å². The topological polar surface area (TPSA) is 107 Å². The van der Waals surface area contributed by atoms with Gasteiger partial charge in [-0.2, -0.15) is 11.8 Å². The fourth-order valence-corrected chi connectivity index (χ4v) is 7.25. The molecule has 1 unspecified atom stereocenters. The zero-order chi connectivity index (χ0) is 31.1. The van der Waals surface area contributed by atoms with Crippen LogP contribution in [0.2, 0.25) is 10.0 Å². The predicted octanol–water partition coefficient (Wildman–Crippen LogP) is 2.97. The number of carbonyl (C=O) groups is 2. The standard InChI is InChI=1S/C32H30Cl2N2O5S2.Li/c1-21-9-6-7-12-24(21)26-19-22(15-16-25(26)31(37)35-28(32(38)39)17-18-42-2)20-36(23-10-4-3-5-11-23)43(40,41)29-14-8-13-27(33)30(29)34;/h3-16,19,28H,17-18,20H2,1-2H3,(H,35,37)(H,38,39);/q;+1/p-1. The van der Waals surface area contributed by atoms with E-state index < -0.39 is 27.9 Å². The summed E-state index contributed by atoms with van der Waals surface area (Å²) in [6, 6.07) is 24.3. The molecule has 44 heavy (non-hydrogen) atoms. The molecule has 4 rings (SSSR count). The smallest absolute Gasteiger partial charge is 0.548 e. The Labute approximate surface area is 284 Å². The van der Waals surface area contributed by atoms with Gasteiger partial charge in [0.25, 0.3) is 15.9 Å². The summed E-state index contributed by atoms with van der Waals surface area (Å²) in [4.78, 5) is 25.0. The molecule has 1 atom stereocenters. The summed E-state index contributed by atoms with van der Waals surface area (Å²) in [5.74, 6) is -1.40. The average Bonchev–Trinajstić information content (AvgIpc) is 2.99. The number of hydrogen-bond acceptors (Lipinski definition) is 6. The van der Waals surface area contributed by atoms with Crippen molar-refractivity contribution < 1.29 is 42.0 Å². The number of nitrogens with zero attached hydrogens (tertiary/aromatic N) is 1. The van der Waals surface area contributed by atoms with Crippen LogP contribution < -0.4 is 33.6 Å². The van der Waals surface area contributed by atoms with Gasteiger partial charge < -0.3 is 15.2 Å². The second-order valence-electron chi connectivity index (χ2n) is 9.72. The number of carbonyl (C=O) groups excluding carboxylic acids is 2. The van der Waals surface area contributed by atoms with Crippen LogP contribution in [0.5, 0.6) is 0 Å². The van der Waals surface area contributed by atoms with Crippen LogP contribution in [-0.4, -0.2) is 38.3 Å². The van der Waals surface area contributed by atoms with Crippen LogP contribution in [0.15, 0.2) is 95.9 Å². The molecular weight excluding hydrogens is 634 g/mol. The Hall–Kier alpha value is -2.90. The number of para-hydroxylation sites is 1. The first kappa shape index (κ1) is 35.6. The van der Waals surface area contributed by atoms with E-state index in [-0.39, 0.29) is 52.3 Å². The summed E-state index contributed by atoms with van der Waals surface area (Å²) in [7, 11) is -4.19. The average molecular weight is 664 g/mol. The Balaban J connectivity index is 0.00000529. The number of aliphatic carboxylic acids is 1. The van der Waals surface area contributed by atoms with Gasteiger partial charge in [-0.05, 0) is 84.0 Å².